The molecule has 1 heterocycles. The summed E-state index contributed by atoms with van der Waals surface area (Å²) in [4.78, 5) is 21.9. The van der Waals surface area contributed by atoms with Crippen LogP contribution >= 0.6 is 0 Å². The summed E-state index contributed by atoms with van der Waals surface area (Å²) in [5, 5.41) is 37.0. The van der Waals surface area contributed by atoms with Crippen molar-refractivity contribution in [3.05, 3.63) is 0 Å². The van der Waals surface area contributed by atoms with Gasteiger partial charge in [-0.05, 0) is 6.92 Å². The molecule has 1 rings (SSSR count). The molecule has 100 valence electrons. The van der Waals surface area contributed by atoms with Gasteiger partial charge in [-0.25, -0.2) is 4.79 Å². The van der Waals surface area contributed by atoms with Crippen LogP contribution in [-0.4, -0.2) is 121 Å². The van der Waals surface area contributed by atoms with Gasteiger partial charge in [0.25, 0.3) is 0 Å². The van der Waals surface area contributed by atoms with E-state index >= 15 is 0 Å². The number of hydrogen-bond donors (Lipinski definition) is 4. The second-order valence-corrected chi connectivity index (χ2v) is 3.73. The average Bonchev–Trinajstić information content (AvgIpc) is 2.28. The monoisotopic (exact) mass is 290 g/mol. The van der Waals surface area contributed by atoms with Crippen molar-refractivity contribution < 1.29 is 39.5 Å². The van der Waals surface area contributed by atoms with E-state index in [4.69, 9.17) is 10.2 Å². The molecule has 0 aliphatic carbocycles. The molecule has 0 amide bonds. The van der Waals surface area contributed by atoms with Crippen molar-refractivity contribution in [2.75, 3.05) is 6.61 Å². The van der Waals surface area contributed by atoms with E-state index in [1.807, 2.05) is 0 Å². The maximum atomic E-state index is 11.3. The predicted molar refractivity (Wildman–Crippen MR) is 57.7 cm³/mol. The second kappa shape index (κ2) is 8.00. The molecule has 1 fully saturated rings. The Bertz CT molecular complexity index is 309. The average molecular weight is 290 g/mol. The van der Waals surface area contributed by atoms with Crippen LogP contribution < -0.4 is 0 Å². The van der Waals surface area contributed by atoms with Crippen molar-refractivity contribution in [1.82, 2.24) is 0 Å². The van der Waals surface area contributed by atoms with Crippen LogP contribution in [-0.2, 0) is 19.1 Å². The maximum absolute atomic E-state index is 11.3. The summed E-state index contributed by atoms with van der Waals surface area (Å²) in [6.45, 7) is 0.693. The fraction of sp³-hybridized carbons (Fsp3) is 0.778. The molecule has 18 heavy (non-hydrogen) atoms. The number of hydrogen-bond acceptors (Lipinski definition) is 8. The quantitative estimate of drug-likeness (QED) is 0.308. The molecular weight excluding hydrogens is 275 g/mol. The zero-order chi connectivity index (χ0) is 13.2. The van der Waals surface area contributed by atoms with Gasteiger partial charge in [-0.15, -0.1) is 0 Å². The molecule has 1 aliphatic rings. The topological polar surface area (TPSA) is 134 Å². The summed E-state index contributed by atoms with van der Waals surface area (Å²) in [7, 11) is 0. The number of ketones is 1. The van der Waals surface area contributed by atoms with Gasteiger partial charge in [-0.3, -0.25) is 4.79 Å². The van der Waals surface area contributed by atoms with Crippen molar-refractivity contribution in [1.29, 1.82) is 0 Å². The van der Waals surface area contributed by atoms with E-state index in [9.17, 15) is 19.8 Å². The minimum atomic E-state index is -1.82. The molecule has 9 heteroatoms. The van der Waals surface area contributed by atoms with E-state index in [-0.39, 0.29) is 51.4 Å². The Kier molecular flexibility index (Phi) is 8.25. The SMILES string of the molecule is CC(=O)COC(=O)[C@H]1O[C@@H](O)[C@H](O)[C@@H](O)[C@@H]1O.[KH]. The summed E-state index contributed by atoms with van der Waals surface area (Å²) in [5.41, 5.74) is 0. The van der Waals surface area contributed by atoms with Crippen LogP contribution in [0.3, 0.4) is 0 Å². The first-order valence-corrected chi connectivity index (χ1v) is 4.88. The van der Waals surface area contributed by atoms with Crippen LogP contribution in [0.2, 0.25) is 0 Å². The zero-order valence-electron chi connectivity index (χ0n) is 9.02. The molecule has 1 saturated heterocycles. The number of esters is 1. The molecule has 0 saturated carbocycles. The van der Waals surface area contributed by atoms with Crippen LogP contribution in [0.15, 0.2) is 0 Å². The van der Waals surface area contributed by atoms with Crippen LogP contribution in [0.1, 0.15) is 6.92 Å². The molecule has 4 N–H and O–H groups in total. The number of carbonyl (C=O) groups is 2. The Morgan fingerprint density at radius 3 is 2.17 bits per heavy atom. The summed E-state index contributed by atoms with van der Waals surface area (Å²) >= 11 is 0. The molecule has 0 unspecified atom stereocenters. The summed E-state index contributed by atoms with van der Waals surface area (Å²) in [5.74, 6) is -1.51. The Hall–Kier alpha value is 0.576. The van der Waals surface area contributed by atoms with E-state index in [1.54, 1.807) is 0 Å². The van der Waals surface area contributed by atoms with Gasteiger partial charge in [0.05, 0.1) is 0 Å². The third-order valence-corrected chi connectivity index (χ3v) is 2.24. The number of ether oxygens (including phenoxy) is 2. The van der Waals surface area contributed by atoms with Gasteiger partial charge in [-0.1, -0.05) is 0 Å². The molecule has 0 aromatic heterocycles. The third kappa shape index (κ3) is 4.60. The second-order valence-electron chi connectivity index (χ2n) is 3.73. The van der Waals surface area contributed by atoms with Gasteiger partial charge in [0, 0.05) is 0 Å². The van der Waals surface area contributed by atoms with Crippen molar-refractivity contribution in [2.24, 2.45) is 0 Å². The first-order valence-electron chi connectivity index (χ1n) is 4.88. The number of Topliss-reactive ketones (excluding diaryl/α,β-unsaturated/α-hetero) is 1. The Balaban J connectivity index is 0.00000289. The normalized spacial score (nSPS) is 35.5. The molecule has 1 aliphatic heterocycles. The van der Waals surface area contributed by atoms with Gasteiger partial charge >= 0.3 is 57.4 Å². The fourth-order valence-electron chi connectivity index (χ4n) is 1.31. The molecule has 0 aromatic rings. The molecule has 0 aromatic carbocycles. The molecule has 0 bridgehead atoms. The third-order valence-electron chi connectivity index (χ3n) is 2.24. The molecule has 5 atom stereocenters. The Morgan fingerprint density at radius 2 is 1.67 bits per heavy atom. The molecule has 8 nitrogen and oxygen atoms in total. The van der Waals surface area contributed by atoms with Crippen molar-refractivity contribution in [3.63, 3.8) is 0 Å². The van der Waals surface area contributed by atoms with Gasteiger partial charge in [0.1, 0.15) is 24.9 Å². The zero-order valence-corrected chi connectivity index (χ0v) is 9.02. The molecule has 0 radical (unpaired) electrons. The van der Waals surface area contributed by atoms with E-state index < -0.39 is 49.1 Å². The standard InChI is InChI=1S/C9H14O8.K.H/c1-3(10)2-16-9(15)7-5(12)4(11)6(13)8(14)17-7;;/h4-8,11-14H,2H2,1H3;;/t4-,5-,6+,7-,8+;;/m0../s1. The fourth-order valence-corrected chi connectivity index (χ4v) is 1.31. The van der Waals surface area contributed by atoms with Crippen LogP contribution in [0.25, 0.3) is 0 Å². The predicted octanol–water partition coefficient (Wildman–Crippen LogP) is -3.73. The van der Waals surface area contributed by atoms with Crippen LogP contribution in [0.5, 0.6) is 0 Å². The molecular formula is C9H15KO8. The Morgan fingerprint density at radius 1 is 1.11 bits per heavy atom. The minimum absolute atomic E-state index is 0. The summed E-state index contributed by atoms with van der Waals surface area (Å²) < 4.78 is 9.05. The van der Waals surface area contributed by atoms with Gasteiger partial charge in [0.15, 0.2) is 18.2 Å². The summed E-state index contributed by atoms with van der Waals surface area (Å²) in [6.07, 6.45) is -8.67. The van der Waals surface area contributed by atoms with Crippen molar-refractivity contribution in [2.45, 2.75) is 37.6 Å². The van der Waals surface area contributed by atoms with E-state index in [1.165, 1.54) is 6.92 Å². The van der Waals surface area contributed by atoms with E-state index in [2.05, 4.69) is 9.47 Å². The summed E-state index contributed by atoms with van der Waals surface area (Å²) in [6, 6.07) is 0. The number of aliphatic hydroxyl groups excluding tert-OH is 4. The number of aliphatic hydroxyl groups is 4. The molecule has 0 spiro atoms. The van der Waals surface area contributed by atoms with Crippen LogP contribution in [0.4, 0.5) is 0 Å². The van der Waals surface area contributed by atoms with Gasteiger partial charge in [-0.2, -0.15) is 0 Å². The van der Waals surface area contributed by atoms with E-state index in [0.717, 1.165) is 0 Å². The Labute approximate surface area is 145 Å². The first kappa shape index (κ1) is 18.6. The number of rotatable bonds is 3. The van der Waals surface area contributed by atoms with Crippen molar-refractivity contribution in [3.8, 4) is 0 Å². The van der Waals surface area contributed by atoms with Gasteiger partial charge in [0.2, 0.25) is 0 Å². The number of carbonyl (C=O) groups excluding carboxylic acids is 2. The van der Waals surface area contributed by atoms with Gasteiger partial charge < -0.3 is 29.9 Å². The first-order chi connectivity index (χ1) is 7.84. The van der Waals surface area contributed by atoms with Crippen LogP contribution in [0, 0.1) is 0 Å². The van der Waals surface area contributed by atoms with Crippen molar-refractivity contribution >= 4 is 63.1 Å². The van der Waals surface area contributed by atoms with E-state index in [0.29, 0.717) is 0 Å².